The van der Waals surface area contributed by atoms with E-state index in [1.165, 1.54) is 23.1 Å². The Balaban J connectivity index is 0.00000432. The molecule has 3 nitrogen and oxygen atoms in total. The van der Waals surface area contributed by atoms with Gasteiger partial charge in [-0.15, -0.1) is 0 Å². The van der Waals surface area contributed by atoms with Crippen molar-refractivity contribution in [3.05, 3.63) is 76.0 Å². The molecule has 2 aromatic carbocycles. The van der Waals surface area contributed by atoms with Crippen LogP contribution in [0.4, 0.5) is 8.78 Å². The van der Waals surface area contributed by atoms with E-state index in [0.717, 1.165) is 50.1 Å². The van der Waals surface area contributed by atoms with Gasteiger partial charge in [-0.05, 0) is 73.4 Å². The Morgan fingerprint density at radius 1 is 1.09 bits per heavy atom. The largest absolute Gasteiger partial charge is 0.493 e. The highest BCUT2D eigenvalue weighted by atomic mass is 19.1. The molecule has 0 bridgehead atoms. The van der Waals surface area contributed by atoms with Crippen molar-refractivity contribution in [2.75, 3.05) is 19.7 Å². The zero-order chi connectivity index (χ0) is 24.8. The van der Waals surface area contributed by atoms with Crippen LogP contribution in [0.3, 0.4) is 0 Å². The van der Waals surface area contributed by atoms with Crippen LogP contribution in [-0.4, -0.2) is 24.6 Å². The van der Waals surface area contributed by atoms with Crippen LogP contribution in [0, 0.1) is 37.3 Å². The Labute approximate surface area is 205 Å². The van der Waals surface area contributed by atoms with E-state index in [9.17, 15) is 8.78 Å². The molecule has 1 aliphatic heterocycles. The van der Waals surface area contributed by atoms with Gasteiger partial charge in [-0.3, -0.25) is 0 Å². The smallest absolute Gasteiger partial charge is 0.130 e. The average Bonchev–Trinajstić information content (AvgIpc) is 3.02. The van der Waals surface area contributed by atoms with E-state index < -0.39 is 11.6 Å². The van der Waals surface area contributed by atoms with Gasteiger partial charge in [-0.2, -0.15) is 0 Å². The lowest BCUT2D eigenvalue weighted by molar-refractivity contribution is 0.265. The monoisotopic (exact) mass is 472 g/mol. The third-order valence-electron chi connectivity index (χ3n) is 6.60. The summed E-state index contributed by atoms with van der Waals surface area (Å²) in [4.78, 5) is 2.36. The van der Waals surface area contributed by atoms with E-state index in [4.69, 9.17) is 4.74 Å². The van der Waals surface area contributed by atoms with Gasteiger partial charge in [-0.25, -0.2) is 8.78 Å². The van der Waals surface area contributed by atoms with Crippen molar-refractivity contribution in [1.29, 1.82) is 0 Å². The molecule has 1 aliphatic rings. The Hall–Kier alpha value is -2.40. The standard InChI is InChI=1S/C29H40F2N2O.H2/c1-19(2)17-33(18-24-11-20(3)26-9-7-8-10-34-29(26)13-24)23(6)22(5)15-32-16-25-12-21(4)27(30)14-28(25)31;/h11-14,19,22,32H,6-10,15-18H2,1-5H3;1H. The molecule has 188 valence electrons. The fourth-order valence-electron chi connectivity index (χ4n) is 4.63. The molecule has 0 fully saturated rings. The second-order valence-electron chi connectivity index (χ2n) is 10.2. The summed E-state index contributed by atoms with van der Waals surface area (Å²) in [6, 6.07) is 7.03. The van der Waals surface area contributed by atoms with Gasteiger partial charge < -0.3 is 15.0 Å². The van der Waals surface area contributed by atoms with Crippen LogP contribution in [0.25, 0.3) is 0 Å². The van der Waals surface area contributed by atoms with Crippen LogP contribution in [0.2, 0.25) is 0 Å². The molecule has 0 aliphatic carbocycles. The lowest BCUT2D eigenvalue weighted by Crippen LogP contribution is -2.33. The van der Waals surface area contributed by atoms with Gasteiger partial charge in [0.1, 0.15) is 17.4 Å². The minimum atomic E-state index is -0.510. The number of benzene rings is 2. The van der Waals surface area contributed by atoms with Crippen molar-refractivity contribution < 1.29 is 14.9 Å². The van der Waals surface area contributed by atoms with Gasteiger partial charge in [0.25, 0.3) is 0 Å². The molecule has 1 heterocycles. The Kier molecular flexibility index (Phi) is 9.12. The van der Waals surface area contributed by atoms with Gasteiger partial charge in [0.2, 0.25) is 0 Å². The first-order chi connectivity index (χ1) is 16.2. The molecule has 1 N–H and O–H groups in total. The van der Waals surface area contributed by atoms with Crippen molar-refractivity contribution >= 4 is 0 Å². The van der Waals surface area contributed by atoms with Crippen LogP contribution < -0.4 is 10.1 Å². The fraction of sp³-hybridized carbons (Fsp3) is 0.517. The molecule has 0 saturated heterocycles. The molecular formula is C29H42F2N2O. The third kappa shape index (κ3) is 6.82. The highest BCUT2D eigenvalue weighted by Gasteiger charge is 2.19. The normalized spacial score (nSPS) is 14.4. The van der Waals surface area contributed by atoms with Crippen LogP contribution >= 0.6 is 0 Å². The molecule has 0 saturated carbocycles. The second kappa shape index (κ2) is 11.8. The first-order valence-electron chi connectivity index (χ1n) is 12.5. The Morgan fingerprint density at radius 3 is 2.59 bits per heavy atom. The topological polar surface area (TPSA) is 24.5 Å². The van der Waals surface area contributed by atoms with E-state index in [-0.39, 0.29) is 7.34 Å². The second-order valence-corrected chi connectivity index (χ2v) is 10.2. The summed E-state index contributed by atoms with van der Waals surface area (Å²) in [6.45, 7) is 18.3. The SMILES string of the molecule is C=C(C(C)CNCc1cc(C)c(F)cc1F)N(Cc1cc(C)c2c(c1)OCCCC2)CC(C)C.[HH]. The quantitative estimate of drug-likeness (QED) is 0.405. The highest BCUT2D eigenvalue weighted by Crippen LogP contribution is 2.30. The van der Waals surface area contributed by atoms with Crippen molar-refractivity contribution in [2.24, 2.45) is 11.8 Å². The summed E-state index contributed by atoms with van der Waals surface area (Å²) in [6.07, 6.45) is 3.36. The van der Waals surface area contributed by atoms with Gasteiger partial charge in [0.15, 0.2) is 0 Å². The Bertz CT molecular complexity index is 1010. The number of rotatable bonds is 10. The number of halogens is 2. The first kappa shape index (κ1) is 26.2. The molecule has 5 heteroatoms. The molecule has 0 spiro atoms. The summed E-state index contributed by atoms with van der Waals surface area (Å²) in [5.41, 5.74) is 5.89. The summed E-state index contributed by atoms with van der Waals surface area (Å²) in [5, 5.41) is 3.33. The minimum Gasteiger partial charge on any atom is -0.493 e. The van der Waals surface area contributed by atoms with E-state index in [1.807, 2.05) is 0 Å². The van der Waals surface area contributed by atoms with Crippen LogP contribution in [0.5, 0.6) is 5.75 Å². The zero-order valence-corrected chi connectivity index (χ0v) is 21.4. The molecule has 0 amide bonds. The van der Waals surface area contributed by atoms with E-state index in [1.54, 1.807) is 13.0 Å². The zero-order valence-electron chi connectivity index (χ0n) is 21.4. The molecule has 34 heavy (non-hydrogen) atoms. The van der Waals surface area contributed by atoms with Crippen molar-refractivity contribution in [3.63, 3.8) is 0 Å². The lowest BCUT2D eigenvalue weighted by Gasteiger charge is -2.32. The van der Waals surface area contributed by atoms with E-state index in [0.29, 0.717) is 30.1 Å². The van der Waals surface area contributed by atoms with Crippen LogP contribution in [0.1, 0.15) is 62.9 Å². The molecule has 2 aromatic rings. The van der Waals surface area contributed by atoms with Crippen molar-refractivity contribution in [2.45, 2.75) is 67.0 Å². The predicted molar refractivity (Wildman–Crippen MR) is 138 cm³/mol. The first-order valence-corrected chi connectivity index (χ1v) is 12.5. The summed E-state index contributed by atoms with van der Waals surface area (Å²) < 4.78 is 33.7. The van der Waals surface area contributed by atoms with Gasteiger partial charge in [-0.1, -0.05) is 33.4 Å². The van der Waals surface area contributed by atoms with Crippen LogP contribution in [-0.2, 0) is 19.5 Å². The Morgan fingerprint density at radius 2 is 1.85 bits per heavy atom. The average molecular weight is 473 g/mol. The predicted octanol–water partition coefficient (Wildman–Crippen LogP) is 6.94. The van der Waals surface area contributed by atoms with Crippen molar-refractivity contribution in [3.8, 4) is 5.75 Å². The number of fused-ring (bicyclic) bond motifs is 1. The molecule has 3 rings (SSSR count). The summed E-state index contributed by atoms with van der Waals surface area (Å²) >= 11 is 0. The molecule has 1 atom stereocenters. The molecule has 0 aromatic heterocycles. The number of hydrogen-bond donors (Lipinski definition) is 1. The summed E-state index contributed by atoms with van der Waals surface area (Å²) in [5.74, 6) is 0.678. The van der Waals surface area contributed by atoms with Gasteiger partial charge in [0, 0.05) is 50.9 Å². The highest BCUT2D eigenvalue weighted by molar-refractivity contribution is 5.44. The minimum absolute atomic E-state index is 0. The van der Waals surface area contributed by atoms with Gasteiger partial charge >= 0.3 is 0 Å². The van der Waals surface area contributed by atoms with E-state index in [2.05, 4.69) is 56.6 Å². The maximum Gasteiger partial charge on any atom is 0.130 e. The number of nitrogens with zero attached hydrogens (tertiary/aromatic N) is 1. The fourth-order valence-corrected chi connectivity index (χ4v) is 4.63. The maximum absolute atomic E-state index is 14.1. The number of nitrogens with one attached hydrogen (secondary N) is 1. The lowest BCUT2D eigenvalue weighted by atomic mass is 9.98. The number of hydrogen-bond acceptors (Lipinski definition) is 3. The number of aryl methyl sites for hydroxylation is 2. The van der Waals surface area contributed by atoms with E-state index >= 15 is 0 Å². The van der Waals surface area contributed by atoms with Gasteiger partial charge in [0.05, 0.1) is 6.61 Å². The molecule has 0 radical (unpaired) electrons. The third-order valence-corrected chi connectivity index (χ3v) is 6.60. The molecular weight excluding hydrogens is 430 g/mol. The van der Waals surface area contributed by atoms with Crippen molar-refractivity contribution in [1.82, 2.24) is 10.2 Å². The van der Waals surface area contributed by atoms with Crippen LogP contribution in [0.15, 0.2) is 36.5 Å². The summed E-state index contributed by atoms with van der Waals surface area (Å²) in [7, 11) is 0. The number of ether oxygens (including phenoxy) is 1. The maximum atomic E-state index is 14.1. The molecule has 1 unspecified atom stereocenters.